The Kier molecular flexibility index (Phi) is 12.4. The molecule has 13 nitrogen and oxygen atoms in total. The summed E-state index contributed by atoms with van der Waals surface area (Å²) in [6, 6.07) is 13.6. The SMILES string of the molecule is CCCNc1nc(Nc2ccc(C(N)=O)cc2)ncc1C(=O)Nc1ccccc1CNC(=O)CN(C)C(=O)/C=C/CN(C)C. The molecule has 4 amide bonds. The molecule has 2 aromatic carbocycles. The maximum atomic E-state index is 13.4. The monoisotopic (exact) mass is 601 g/mol. The molecule has 232 valence electrons. The molecule has 0 aliphatic heterocycles. The van der Waals surface area contributed by atoms with Gasteiger partial charge in [0.1, 0.15) is 11.4 Å². The van der Waals surface area contributed by atoms with E-state index in [1.54, 1.807) is 61.7 Å². The van der Waals surface area contributed by atoms with Crippen molar-refractivity contribution in [3.8, 4) is 0 Å². The predicted octanol–water partition coefficient (Wildman–Crippen LogP) is 2.59. The number of aromatic nitrogens is 2. The van der Waals surface area contributed by atoms with Gasteiger partial charge in [0.15, 0.2) is 0 Å². The maximum absolute atomic E-state index is 13.4. The molecule has 0 fully saturated rings. The highest BCUT2D eigenvalue weighted by Gasteiger charge is 2.17. The number of amides is 4. The van der Waals surface area contributed by atoms with Crippen LogP contribution in [0.1, 0.15) is 39.6 Å². The number of primary amides is 1. The molecule has 0 spiro atoms. The molecule has 0 atom stereocenters. The summed E-state index contributed by atoms with van der Waals surface area (Å²) < 4.78 is 0. The first-order valence-electron chi connectivity index (χ1n) is 14.1. The van der Waals surface area contributed by atoms with Crippen molar-refractivity contribution >= 4 is 46.8 Å². The Morgan fingerprint density at radius 1 is 1.00 bits per heavy atom. The van der Waals surface area contributed by atoms with Crippen LogP contribution in [-0.2, 0) is 16.1 Å². The van der Waals surface area contributed by atoms with E-state index in [4.69, 9.17) is 5.73 Å². The number of nitrogens with zero attached hydrogens (tertiary/aromatic N) is 4. The van der Waals surface area contributed by atoms with Crippen molar-refractivity contribution in [3.05, 3.63) is 83.6 Å². The lowest BCUT2D eigenvalue weighted by Crippen LogP contribution is -2.37. The summed E-state index contributed by atoms with van der Waals surface area (Å²) in [7, 11) is 5.35. The quantitative estimate of drug-likeness (QED) is 0.164. The lowest BCUT2D eigenvalue weighted by molar-refractivity contribution is -0.131. The molecule has 1 heterocycles. The maximum Gasteiger partial charge on any atom is 0.261 e. The van der Waals surface area contributed by atoms with Crippen LogP contribution in [0.15, 0.2) is 66.9 Å². The molecule has 0 bridgehead atoms. The summed E-state index contributed by atoms with van der Waals surface area (Å²) in [6.45, 7) is 3.22. The zero-order valence-electron chi connectivity index (χ0n) is 25.4. The highest BCUT2D eigenvalue weighted by molar-refractivity contribution is 6.07. The van der Waals surface area contributed by atoms with Crippen LogP contribution in [0.3, 0.4) is 0 Å². The Balaban J connectivity index is 1.67. The van der Waals surface area contributed by atoms with Gasteiger partial charge in [0.2, 0.25) is 23.7 Å². The molecule has 0 saturated heterocycles. The third kappa shape index (κ3) is 10.2. The summed E-state index contributed by atoms with van der Waals surface area (Å²) in [5.74, 6) is -0.974. The first-order chi connectivity index (χ1) is 21.1. The number of rotatable bonds is 15. The number of carbonyl (C=O) groups excluding carboxylic acids is 4. The van der Waals surface area contributed by atoms with Crippen LogP contribution in [0.4, 0.5) is 23.1 Å². The second kappa shape index (κ2) is 16.4. The lowest BCUT2D eigenvalue weighted by atomic mass is 10.1. The Hall–Kier alpha value is -5.30. The summed E-state index contributed by atoms with van der Waals surface area (Å²) in [6.07, 6.45) is 5.40. The molecule has 13 heteroatoms. The summed E-state index contributed by atoms with van der Waals surface area (Å²) in [5.41, 5.74) is 7.73. The number of hydrogen-bond donors (Lipinski definition) is 5. The van der Waals surface area contributed by atoms with Gasteiger partial charge in [-0.25, -0.2) is 4.98 Å². The number of nitrogens with two attached hydrogens (primary N) is 1. The normalized spacial score (nSPS) is 10.8. The van der Waals surface area contributed by atoms with Crippen molar-refractivity contribution in [2.24, 2.45) is 5.73 Å². The third-order valence-electron chi connectivity index (χ3n) is 6.23. The van der Waals surface area contributed by atoms with Gasteiger partial charge in [0.05, 0.1) is 6.54 Å². The van der Waals surface area contributed by atoms with E-state index in [0.717, 1.165) is 6.42 Å². The standard InChI is InChI=1S/C31H39N9O4/c1-5-16-33-29-24(19-35-31(38-29)36-23-14-12-21(13-15-23)28(32)43)30(44)37-25-10-7-6-9-22(25)18-34-26(41)20-40(4)27(42)11-8-17-39(2)3/h6-15,19H,5,16-18,20H2,1-4H3,(H2,32,43)(H,34,41)(H,37,44)(H2,33,35,36,38)/b11-8+. The zero-order valence-corrected chi connectivity index (χ0v) is 25.4. The minimum atomic E-state index is -0.526. The highest BCUT2D eigenvalue weighted by Crippen LogP contribution is 2.21. The lowest BCUT2D eigenvalue weighted by Gasteiger charge is -2.17. The van der Waals surface area contributed by atoms with Gasteiger partial charge in [-0.05, 0) is 56.4 Å². The van der Waals surface area contributed by atoms with E-state index in [1.807, 2.05) is 25.9 Å². The van der Waals surface area contributed by atoms with Gasteiger partial charge in [0, 0.05) is 55.9 Å². The van der Waals surface area contributed by atoms with E-state index in [9.17, 15) is 19.2 Å². The predicted molar refractivity (Wildman–Crippen MR) is 171 cm³/mol. The van der Waals surface area contributed by atoms with Crippen LogP contribution in [-0.4, -0.2) is 84.2 Å². The van der Waals surface area contributed by atoms with Gasteiger partial charge >= 0.3 is 0 Å². The molecule has 3 aromatic rings. The van der Waals surface area contributed by atoms with E-state index in [2.05, 4.69) is 31.2 Å². The smallest absolute Gasteiger partial charge is 0.261 e. The molecule has 6 N–H and O–H groups in total. The van der Waals surface area contributed by atoms with Crippen LogP contribution < -0.4 is 27.0 Å². The Bertz CT molecular complexity index is 1490. The van der Waals surface area contributed by atoms with Crippen molar-refractivity contribution in [3.63, 3.8) is 0 Å². The van der Waals surface area contributed by atoms with Gasteiger partial charge < -0.3 is 36.8 Å². The van der Waals surface area contributed by atoms with Crippen LogP contribution in [0.2, 0.25) is 0 Å². The van der Waals surface area contributed by atoms with E-state index in [0.29, 0.717) is 41.4 Å². The fraction of sp³-hybridized carbons (Fsp3) is 0.290. The van der Waals surface area contributed by atoms with E-state index in [1.165, 1.54) is 17.2 Å². The first kappa shape index (κ1) is 33.2. The van der Waals surface area contributed by atoms with Crippen LogP contribution >= 0.6 is 0 Å². The average molecular weight is 602 g/mol. The van der Waals surface area contributed by atoms with Crippen LogP contribution in [0.5, 0.6) is 0 Å². The van der Waals surface area contributed by atoms with Crippen molar-refractivity contribution in [1.29, 1.82) is 0 Å². The second-order valence-corrected chi connectivity index (χ2v) is 10.2. The summed E-state index contributed by atoms with van der Waals surface area (Å²) >= 11 is 0. The fourth-order valence-corrected chi connectivity index (χ4v) is 3.85. The molecule has 0 saturated carbocycles. The average Bonchev–Trinajstić information content (AvgIpc) is 2.99. The van der Waals surface area contributed by atoms with Gasteiger partial charge in [-0.3, -0.25) is 19.2 Å². The largest absolute Gasteiger partial charge is 0.369 e. The summed E-state index contributed by atoms with van der Waals surface area (Å²) in [5, 5.41) is 11.9. The van der Waals surface area contributed by atoms with Gasteiger partial charge in [-0.15, -0.1) is 0 Å². The Labute approximate surface area is 256 Å². The number of likely N-dealkylation sites (N-methyl/N-ethyl adjacent to an activating group) is 2. The number of para-hydroxylation sites is 1. The fourth-order valence-electron chi connectivity index (χ4n) is 3.85. The highest BCUT2D eigenvalue weighted by atomic mass is 16.2. The van der Waals surface area contributed by atoms with Crippen molar-refractivity contribution in [1.82, 2.24) is 25.1 Å². The van der Waals surface area contributed by atoms with E-state index in [-0.39, 0.29) is 36.4 Å². The van der Waals surface area contributed by atoms with Gasteiger partial charge in [0.25, 0.3) is 5.91 Å². The van der Waals surface area contributed by atoms with Crippen LogP contribution in [0, 0.1) is 0 Å². The molecule has 0 aliphatic carbocycles. The second-order valence-electron chi connectivity index (χ2n) is 10.2. The number of carbonyl (C=O) groups is 4. The van der Waals surface area contributed by atoms with Crippen molar-refractivity contribution in [2.75, 3.05) is 56.7 Å². The van der Waals surface area contributed by atoms with Crippen molar-refractivity contribution in [2.45, 2.75) is 19.9 Å². The number of nitrogens with one attached hydrogen (secondary N) is 4. The Morgan fingerprint density at radius 2 is 1.73 bits per heavy atom. The Morgan fingerprint density at radius 3 is 2.41 bits per heavy atom. The number of benzene rings is 2. The number of anilines is 4. The molecule has 1 aromatic heterocycles. The van der Waals surface area contributed by atoms with E-state index < -0.39 is 11.8 Å². The topological polar surface area (TPSA) is 175 Å². The molecule has 3 rings (SSSR count). The minimum Gasteiger partial charge on any atom is -0.369 e. The first-order valence-corrected chi connectivity index (χ1v) is 14.1. The molecule has 44 heavy (non-hydrogen) atoms. The van der Waals surface area contributed by atoms with Gasteiger partial charge in [-0.2, -0.15) is 4.98 Å². The van der Waals surface area contributed by atoms with E-state index >= 15 is 0 Å². The zero-order chi connectivity index (χ0) is 32.1. The molecule has 0 aliphatic rings. The van der Waals surface area contributed by atoms with Gasteiger partial charge in [-0.1, -0.05) is 31.2 Å². The third-order valence-corrected chi connectivity index (χ3v) is 6.23. The molecule has 0 unspecified atom stereocenters. The van der Waals surface area contributed by atoms with Crippen molar-refractivity contribution < 1.29 is 19.2 Å². The molecular weight excluding hydrogens is 562 g/mol. The molecular formula is C31H39N9O4. The summed E-state index contributed by atoms with van der Waals surface area (Å²) in [4.78, 5) is 61.5. The van der Waals surface area contributed by atoms with Crippen LogP contribution in [0.25, 0.3) is 0 Å². The number of hydrogen-bond acceptors (Lipinski definition) is 9. The minimum absolute atomic E-state index is 0.112. The molecule has 0 radical (unpaired) electrons.